The van der Waals surface area contributed by atoms with Gasteiger partial charge in [0.2, 0.25) is 0 Å². The van der Waals surface area contributed by atoms with E-state index in [1.54, 1.807) is 0 Å². The maximum absolute atomic E-state index is 10.4. The highest BCUT2D eigenvalue weighted by Crippen LogP contribution is 2.42. The van der Waals surface area contributed by atoms with E-state index in [0.717, 1.165) is 22.9 Å². The first-order valence-corrected chi connectivity index (χ1v) is 8.30. The first-order valence-electron chi connectivity index (χ1n) is 7.50. The van der Waals surface area contributed by atoms with Gasteiger partial charge in [0.15, 0.2) is 0 Å². The molecule has 1 N–H and O–H groups in total. The van der Waals surface area contributed by atoms with Crippen molar-refractivity contribution in [1.29, 1.82) is 0 Å². The van der Waals surface area contributed by atoms with Crippen LogP contribution in [0.25, 0.3) is 0 Å². The quantitative estimate of drug-likeness (QED) is 0.823. The Morgan fingerprint density at radius 3 is 2.57 bits per heavy atom. The Balaban J connectivity index is 1.99. The van der Waals surface area contributed by atoms with Crippen molar-refractivity contribution in [3.63, 3.8) is 0 Å². The number of aromatic nitrogens is 1. The van der Waals surface area contributed by atoms with Gasteiger partial charge in [0.1, 0.15) is 0 Å². The first kappa shape index (κ1) is 14.9. The number of hydrogen-bond donors (Lipinski definition) is 1. The highest BCUT2D eigenvalue weighted by molar-refractivity contribution is 9.10. The highest BCUT2D eigenvalue weighted by Gasteiger charge is 2.33. The van der Waals surface area contributed by atoms with E-state index >= 15 is 0 Å². The van der Waals surface area contributed by atoms with Gasteiger partial charge in [-0.3, -0.25) is 0 Å². The van der Waals surface area contributed by atoms with Crippen molar-refractivity contribution in [1.82, 2.24) is 4.57 Å². The van der Waals surface area contributed by atoms with Crippen LogP contribution in [0, 0.1) is 5.41 Å². The molecule has 1 aromatic carbocycles. The molecular formula is C18H22BrNO. The number of aliphatic hydroxyl groups is 1. The van der Waals surface area contributed by atoms with Gasteiger partial charge in [-0.15, -0.1) is 0 Å². The van der Waals surface area contributed by atoms with E-state index in [9.17, 15) is 5.11 Å². The minimum atomic E-state index is -0.331. The van der Waals surface area contributed by atoms with Crippen LogP contribution in [0.3, 0.4) is 0 Å². The maximum atomic E-state index is 10.4. The zero-order chi connectivity index (χ0) is 15.2. The van der Waals surface area contributed by atoms with Gasteiger partial charge in [-0.1, -0.05) is 41.9 Å². The second kappa shape index (κ2) is 5.29. The van der Waals surface area contributed by atoms with Crippen LogP contribution in [0.4, 0.5) is 0 Å². The predicted molar refractivity (Wildman–Crippen MR) is 89.4 cm³/mol. The molecule has 3 heteroatoms. The normalized spacial score (nSPS) is 21.9. The number of benzene rings is 1. The van der Waals surface area contributed by atoms with Crippen LogP contribution in [-0.4, -0.2) is 9.67 Å². The molecule has 1 aliphatic carbocycles. The molecule has 0 amide bonds. The summed E-state index contributed by atoms with van der Waals surface area (Å²) < 4.78 is 3.42. The number of aliphatic hydroxyl groups excluding tert-OH is 1. The topological polar surface area (TPSA) is 25.2 Å². The largest absolute Gasteiger partial charge is 0.388 e. The van der Waals surface area contributed by atoms with E-state index in [1.807, 2.05) is 0 Å². The van der Waals surface area contributed by atoms with Crippen molar-refractivity contribution in [3.8, 4) is 0 Å². The number of halogens is 1. The lowest BCUT2D eigenvalue weighted by Gasteiger charge is -2.34. The summed E-state index contributed by atoms with van der Waals surface area (Å²) >= 11 is 3.49. The summed E-state index contributed by atoms with van der Waals surface area (Å²) in [6, 6.07) is 10.9. The third-order valence-corrected chi connectivity index (χ3v) is 5.11. The monoisotopic (exact) mass is 347 g/mol. The summed E-state index contributed by atoms with van der Waals surface area (Å²) in [5.74, 6) is 0. The van der Waals surface area contributed by atoms with E-state index < -0.39 is 0 Å². The summed E-state index contributed by atoms with van der Waals surface area (Å²) in [5.41, 5.74) is 3.84. The van der Waals surface area contributed by atoms with Crippen LogP contribution in [-0.2, 0) is 6.42 Å². The second-order valence-electron chi connectivity index (χ2n) is 6.91. The molecule has 0 spiro atoms. The van der Waals surface area contributed by atoms with Gasteiger partial charge in [0.25, 0.3) is 0 Å². The van der Waals surface area contributed by atoms with Gasteiger partial charge < -0.3 is 9.67 Å². The van der Waals surface area contributed by atoms with Crippen molar-refractivity contribution in [2.24, 2.45) is 5.41 Å². The lowest BCUT2D eigenvalue weighted by molar-refractivity contribution is 0.0978. The maximum Gasteiger partial charge on any atom is 0.0812 e. The minimum absolute atomic E-state index is 0.155. The Kier molecular flexibility index (Phi) is 3.74. The lowest BCUT2D eigenvalue weighted by Crippen LogP contribution is -2.27. The highest BCUT2D eigenvalue weighted by atomic mass is 79.9. The fraction of sp³-hybridized carbons (Fsp3) is 0.444. The Morgan fingerprint density at radius 1 is 1.24 bits per heavy atom. The average molecular weight is 348 g/mol. The Morgan fingerprint density at radius 2 is 1.90 bits per heavy atom. The molecule has 112 valence electrons. The fourth-order valence-corrected chi connectivity index (χ4v) is 3.68. The van der Waals surface area contributed by atoms with Gasteiger partial charge in [-0.2, -0.15) is 0 Å². The second-order valence-corrected chi connectivity index (χ2v) is 7.83. The Hall–Kier alpha value is -1.06. The predicted octanol–water partition coefficient (Wildman–Crippen LogP) is 4.87. The molecular weight excluding hydrogens is 326 g/mol. The molecule has 21 heavy (non-hydrogen) atoms. The van der Waals surface area contributed by atoms with Crippen LogP contribution < -0.4 is 0 Å². The number of nitrogens with zero attached hydrogens (tertiary/aromatic N) is 1. The number of hydrogen-bond acceptors (Lipinski definition) is 1. The molecule has 2 aromatic rings. The van der Waals surface area contributed by atoms with E-state index in [0.29, 0.717) is 0 Å². The van der Waals surface area contributed by atoms with Crippen molar-refractivity contribution < 1.29 is 5.11 Å². The Labute approximate surface area is 134 Å². The molecule has 0 saturated heterocycles. The van der Waals surface area contributed by atoms with Crippen LogP contribution >= 0.6 is 15.9 Å². The number of rotatable bonds is 2. The summed E-state index contributed by atoms with van der Waals surface area (Å²) in [6.07, 6.45) is 3.66. The third kappa shape index (κ3) is 2.82. The van der Waals surface area contributed by atoms with Crippen molar-refractivity contribution in [2.75, 3.05) is 0 Å². The SMILES string of the molecule is CC(c1ccc(Br)cc1)n1ccc2c1CC(C)(C)CC2O. The molecule has 2 nitrogen and oxygen atoms in total. The molecule has 0 fully saturated rings. The van der Waals surface area contributed by atoms with Crippen molar-refractivity contribution >= 4 is 15.9 Å². The zero-order valence-corrected chi connectivity index (χ0v) is 14.4. The van der Waals surface area contributed by atoms with Gasteiger partial charge in [-0.25, -0.2) is 0 Å². The van der Waals surface area contributed by atoms with Gasteiger partial charge >= 0.3 is 0 Å². The summed E-state index contributed by atoms with van der Waals surface area (Å²) in [4.78, 5) is 0. The molecule has 0 bridgehead atoms. The molecule has 1 aliphatic rings. The molecule has 2 atom stereocenters. The number of fused-ring (bicyclic) bond motifs is 1. The van der Waals surface area contributed by atoms with Gasteiger partial charge in [0, 0.05) is 21.9 Å². The molecule has 0 radical (unpaired) electrons. The first-order chi connectivity index (χ1) is 9.87. The average Bonchev–Trinajstić information content (AvgIpc) is 2.81. The summed E-state index contributed by atoms with van der Waals surface area (Å²) in [5, 5.41) is 10.4. The van der Waals surface area contributed by atoms with Crippen LogP contribution in [0.2, 0.25) is 0 Å². The van der Waals surface area contributed by atoms with E-state index in [2.05, 4.69) is 77.8 Å². The molecule has 2 unspecified atom stereocenters. The molecule has 1 heterocycles. The van der Waals surface area contributed by atoms with Crippen molar-refractivity contribution in [2.45, 2.75) is 45.8 Å². The van der Waals surface area contributed by atoms with E-state index in [4.69, 9.17) is 0 Å². The third-order valence-electron chi connectivity index (χ3n) is 4.58. The molecule has 3 rings (SSSR count). The zero-order valence-electron chi connectivity index (χ0n) is 12.8. The lowest BCUT2D eigenvalue weighted by atomic mass is 9.75. The summed E-state index contributed by atoms with van der Waals surface area (Å²) in [7, 11) is 0. The molecule has 1 aromatic heterocycles. The van der Waals surface area contributed by atoms with E-state index in [1.165, 1.54) is 11.3 Å². The minimum Gasteiger partial charge on any atom is -0.388 e. The molecule has 0 saturated carbocycles. The van der Waals surface area contributed by atoms with Crippen molar-refractivity contribution in [3.05, 3.63) is 57.8 Å². The van der Waals surface area contributed by atoms with Crippen LogP contribution in [0.1, 0.15) is 56.2 Å². The summed E-state index contributed by atoms with van der Waals surface area (Å²) in [6.45, 7) is 6.69. The van der Waals surface area contributed by atoms with E-state index in [-0.39, 0.29) is 17.6 Å². The smallest absolute Gasteiger partial charge is 0.0812 e. The standard InChI is InChI=1S/C18H22BrNO/c1-12(13-4-6-14(19)7-5-13)20-9-8-15-16(20)10-18(2,3)11-17(15)21/h4-9,12,17,21H,10-11H2,1-3H3. The molecule has 0 aliphatic heterocycles. The van der Waals surface area contributed by atoms with Gasteiger partial charge in [-0.05, 0) is 48.9 Å². The van der Waals surface area contributed by atoms with Gasteiger partial charge in [0.05, 0.1) is 12.1 Å². The Bertz CT molecular complexity index is 642. The van der Waals surface area contributed by atoms with Crippen LogP contribution in [0.15, 0.2) is 41.0 Å². The van der Waals surface area contributed by atoms with Crippen LogP contribution in [0.5, 0.6) is 0 Å². The fourth-order valence-electron chi connectivity index (χ4n) is 3.42.